The zero-order valence-corrected chi connectivity index (χ0v) is 18.7. The fraction of sp³-hybridized carbons (Fsp3) is 0.333. The molecule has 0 aliphatic carbocycles. The average Bonchev–Trinajstić information content (AvgIpc) is 3.38. The van der Waals surface area contributed by atoms with Gasteiger partial charge < -0.3 is 29.9 Å². The van der Waals surface area contributed by atoms with Crippen molar-refractivity contribution in [2.75, 3.05) is 18.0 Å². The first-order chi connectivity index (χ1) is 15.9. The number of amides is 1. The molecule has 0 spiro atoms. The van der Waals surface area contributed by atoms with E-state index in [9.17, 15) is 14.3 Å². The van der Waals surface area contributed by atoms with Gasteiger partial charge in [0.05, 0.1) is 19.2 Å². The molecule has 1 fully saturated rings. The number of hydrogen-bond acceptors (Lipinski definition) is 6. The van der Waals surface area contributed by atoms with E-state index in [1.54, 1.807) is 23.2 Å². The minimum absolute atomic E-state index is 0.170. The van der Waals surface area contributed by atoms with Gasteiger partial charge in [-0.2, -0.15) is 0 Å². The summed E-state index contributed by atoms with van der Waals surface area (Å²) in [7, 11) is 1.96. The summed E-state index contributed by atoms with van der Waals surface area (Å²) in [4.78, 5) is 16.9. The summed E-state index contributed by atoms with van der Waals surface area (Å²) < 4.78 is 22.4. The first-order valence-electron chi connectivity index (χ1n) is 10.8. The van der Waals surface area contributed by atoms with Gasteiger partial charge in [0.15, 0.2) is 0 Å². The summed E-state index contributed by atoms with van der Waals surface area (Å²) in [6.45, 7) is 3.40. The molecule has 0 bridgehead atoms. The Labute approximate surface area is 192 Å². The fourth-order valence-corrected chi connectivity index (χ4v) is 3.81. The predicted octanol–water partition coefficient (Wildman–Crippen LogP) is 2.13. The maximum absolute atomic E-state index is 14.9. The number of ether oxygens (including phenoxy) is 1. The molecule has 33 heavy (non-hydrogen) atoms. The Balaban J connectivity index is 1.37. The molecule has 2 heterocycles. The van der Waals surface area contributed by atoms with Gasteiger partial charge in [0, 0.05) is 50.7 Å². The van der Waals surface area contributed by atoms with Crippen molar-refractivity contribution >= 4 is 11.6 Å². The Hall–Kier alpha value is -3.27. The van der Waals surface area contributed by atoms with Gasteiger partial charge in [-0.15, -0.1) is 0 Å². The van der Waals surface area contributed by atoms with E-state index in [1.807, 2.05) is 42.1 Å². The molecule has 0 radical (unpaired) electrons. The maximum atomic E-state index is 14.9. The summed E-state index contributed by atoms with van der Waals surface area (Å²) in [6, 6.07) is 12.6. The van der Waals surface area contributed by atoms with Crippen LogP contribution >= 0.6 is 0 Å². The molecule has 3 aromatic rings. The number of nitrogens with zero attached hydrogens (tertiary/aromatic N) is 3. The van der Waals surface area contributed by atoms with Crippen molar-refractivity contribution in [1.29, 1.82) is 0 Å². The first kappa shape index (κ1) is 22.9. The summed E-state index contributed by atoms with van der Waals surface area (Å²) in [5.41, 5.74) is 2.86. The summed E-state index contributed by atoms with van der Waals surface area (Å²) in [5.74, 6) is 0.409. The van der Waals surface area contributed by atoms with Gasteiger partial charge in [-0.1, -0.05) is 24.3 Å². The Bertz CT molecular complexity index is 1100. The van der Waals surface area contributed by atoms with Crippen LogP contribution < -0.4 is 15.5 Å². The van der Waals surface area contributed by atoms with Gasteiger partial charge in [-0.25, -0.2) is 9.37 Å². The van der Waals surface area contributed by atoms with Crippen LogP contribution in [0, 0.1) is 5.82 Å². The Morgan fingerprint density at radius 2 is 2.03 bits per heavy atom. The largest absolute Gasteiger partial charge is 0.354 e. The average molecular weight is 454 g/mol. The van der Waals surface area contributed by atoms with Gasteiger partial charge in [0.1, 0.15) is 11.6 Å². The number of halogens is 1. The molecule has 9 heteroatoms. The van der Waals surface area contributed by atoms with Gasteiger partial charge >= 0.3 is 0 Å². The number of aromatic nitrogens is 2. The van der Waals surface area contributed by atoms with E-state index in [-0.39, 0.29) is 24.4 Å². The fourth-order valence-electron chi connectivity index (χ4n) is 3.81. The third-order valence-electron chi connectivity index (χ3n) is 5.64. The second kappa shape index (κ2) is 10.1. The number of carbonyl (C=O) groups excluding carboxylic acids is 1. The molecular weight excluding hydrogens is 425 g/mol. The highest BCUT2D eigenvalue weighted by molar-refractivity contribution is 5.72. The number of hydrogen-bond donors (Lipinski definition) is 3. The number of aliphatic hydroxyl groups is 1. The van der Waals surface area contributed by atoms with Crippen molar-refractivity contribution in [3.05, 3.63) is 72.1 Å². The minimum atomic E-state index is -1.19. The topological polar surface area (TPSA) is 91.7 Å². The molecule has 4 rings (SSSR count). The molecule has 3 N–H and O–H groups in total. The monoisotopic (exact) mass is 453 g/mol. The number of imidazole rings is 1. The van der Waals surface area contributed by atoms with Crippen LogP contribution in [0.25, 0.3) is 11.1 Å². The van der Waals surface area contributed by atoms with Crippen molar-refractivity contribution in [3.8, 4) is 11.1 Å². The van der Waals surface area contributed by atoms with Crippen LogP contribution in [0.4, 0.5) is 10.1 Å². The summed E-state index contributed by atoms with van der Waals surface area (Å²) in [5, 5.41) is 16.2. The first-order valence-corrected chi connectivity index (χ1v) is 10.8. The zero-order valence-electron chi connectivity index (χ0n) is 18.7. The third-order valence-corrected chi connectivity index (χ3v) is 5.64. The van der Waals surface area contributed by atoms with E-state index in [2.05, 4.69) is 15.6 Å². The third kappa shape index (κ3) is 5.57. The van der Waals surface area contributed by atoms with E-state index in [0.717, 1.165) is 17.0 Å². The lowest BCUT2D eigenvalue weighted by molar-refractivity contribution is -0.121. The molecule has 1 aromatic heterocycles. The Morgan fingerprint density at radius 3 is 2.70 bits per heavy atom. The van der Waals surface area contributed by atoms with E-state index in [1.165, 1.54) is 13.0 Å². The van der Waals surface area contributed by atoms with Crippen LogP contribution in [0.5, 0.6) is 0 Å². The predicted molar refractivity (Wildman–Crippen MR) is 122 cm³/mol. The molecule has 8 nitrogen and oxygen atoms in total. The second-order valence-corrected chi connectivity index (χ2v) is 8.09. The lowest BCUT2D eigenvalue weighted by atomic mass is 10.0. The molecule has 2 aromatic carbocycles. The van der Waals surface area contributed by atoms with E-state index in [0.29, 0.717) is 30.9 Å². The van der Waals surface area contributed by atoms with Crippen molar-refractivity contribution in [1.82, 2.24) is 20.2 Å². The van der Waals surface area contributed by atoms with Crippen LogP contribution in [-0.2, 0) is 29.7 Å². The molecule has 1 saturated heterocycles. The number of anilines is 1. The maximum Gasteiger partial charge on any atom is 0.238 e. The molecule has 174 valence electrons. The van der Waals surface area contributed by atoms with E-state index >= 15 is 0 Å². The van der Waals surface area contributed by atoms with Crippen LogP contribution in [0.2, 0.25) is 0 Å². The zero-order chi connectivity index (χ0) is 23.4. The Morgan fingerprint density at radius 1 is 1.24 bits per heavy atom. The highest BCUT2D eigenvalue weighted by Crippen LogP contribution is 2.30. The van der Waals surface area contributed by atoms with Crippen molar-refractivity contribution in [2.24, 2.45) is 7.05 Å². The minimum Gasteiger partial charge on any atom is -0.354 e. The van der Waals surface area contributed by atoms with Gasteiger partial charge in [0.25, 0.3) is 0 Å². The van der Waals surface area contributed by atoms with Gasteiger partial charge in [0.2, 0.25) is 12.3 Å². The smallest absolute Gasteiger partial charge is 0.238 e. The molecule has 1 amide bonds. The van der Waals surface area contributed by atoms with Gasteiger partial charge in [-0.3, -0.25) is 4.79 Å². The summed E-state index contributed by atoms with van der Waals surface area (Å²) in [6.07, 6.45) is 2.12. The second-order valence-electron chi connectivity index (χ2n) is 8.09. The quantitative estimate of drug-likeness (QED) is 0.484. The number of aryl methyl sites for hydroxylation is 1. The van der Waals surface area contributed by atoms with Gasteiger partial charge in [-0.05, 0) is 29.3 Å². The SMILES string of the molecule is CC(=O)NC[C@H]1CN(c2ccc(-c3ccc(CNCc4nccn4C)cc3)c(F)c2)C(O)O1. The van der Waals surface area contributed by atoms with Crippen molar-refractivity contribution < 1.29 is 19.0 Å². The summed E-state index contributed by atoms with van der Waals surface area (Å²) >= 11 is 0. The van der Waals surface area contributed by atoms with Crippen LogP contribution in [0.1, 0.15) is 18.3 Å². The lowest BCUT2D eigenvalue weighted by Gasteiger charge is -2.21. The van der Waals surface area contributed by atoms with Crippen LogP contribution in [0.3, 0.4) is 0 Å². The van der Waals surface area contributed by atoms with E-state index in [4.69, 9.17) is 4.74 Å². The highest BCUT2D eigenvalue weighted by Gasteiger charge is 2.32. The molecule has 1 aliphatic rings. The number of nitrogens with one attached hydrogen (secondary N) is 2. The highest BCUT2D eigenvalue weighted by atomic mass is 19.1. The normalized spacial score (nSPS) is 18.0. The molecular formula is C24H28FN5O3. The van der Waals surface area contributed by atoms with E-state index < -0.39 is 6.41 Å². The van der Waals surface area contributed by atoms with Crippen molar-refractivity contribution in [2.45, 2.75) is 32.5 Å². The number of rotatable bonds is 8. The standard InChI is InChI=1S/C24H28FN5O3/c1-16(31)28-13-20-15-30(24(32)33-20)19-7-8-21(22(25)11-19)18-5-3-17(4-6-18)12-26-14-23-27-9-10-29(23)2/h3-11,20,24,26,32H,12-15H2,1-2H3,(H,28,31)/t20-,24?/m0/s1. The molecule has 2 atom stereocenters. The van der Waals surface area contributed by atoms with Crippen LogP contribution in [-0.4, -0.2) is 46.2 Å². The van der Waals surface area contributed by atoms with Crippen molar-refractivity contribution in [3.63, 3.8) is 0 Å². The Kier molecular flexibility index (Phi) is 7.02. The number of benzene rings is 2. The van der Waals surface area contributed by atoms with Crippen LogP contribution in [0.15, 0.2) is 54.9 Å². The number of aliphatic hydroxyl groups excluding tert-OH is 1. The number of carbonyl (C=O) groups is 1. The molecule has 1 aliphatic heterocycles. The lowest BCUT2D eigenvalue weighted by Crippen LogP contribution is -2.33. The molecule has 1 unspecified atom stereocenters. The molecule has 0 saturated carbocycles.